The molecule has 2 nitrogen and oxygen atoms in total. The molecule has 0 aromatic heterocycles. The van der Waals surface area contributed by atoms with E-state index < -0.39 is 0 Å². The minimum absolute atomic E-state index is 0. The summed E-state index contributed by atoms with van der Waals surface area (Å²) in [5.41, 5.74) is 27.0. The normalized spacial score (nSPS) is 12.0. The molecule has 0 atom stereocenters. The van der Waals surface area contributed by atoms with Crippen LogP contribution in [0.15, 0.2) is 84.4 Å². The topological polar surface area (TPSA) is 25.3 Å². The van der Waals surface area contributed by atoms with Crippen molar-refractivity contribution >= 4 is 11.4 Å². The molecule has 1 aliphatic heterocycles. The molecule has 0 spiro atoms. The zero-order valence-electron chi connectivity index (χ0n) is 29.5. The molecule has 0 saturated carbocycles. The van der Waals surface area contributed by atoms with Gasteiger partial charge < -0.3 is 5.53 Å². The van der Waals surface area contributed by atoms with Gasteiger partial charge in [0.15, 0.2) is 0 Å². The second-order valence-electron chi connectivity index (χ2n) is 12.4. The molecule has 1 heterocycles. The molecule has 0 amide bonds. The van der Waals surface area contributed by atoms with Crippen molar-refractivity contribution in [3.05, 3.63) is 158 Å². The standard InChI is InChI=1S/C29H38N2.2C7H7.Ni/c1-8-10-12-26-19(3)14-24(15-20(26)4)28-18-23(7)29(31(28)30)25-16-21(5)27(13-11-9-2)22(6)17-25;2*1-7-5-3-2-4-6-7;/h14-18H,8-13H2,1-7H3;2*3-6H,1H3;/q;2*-1;+2. The van der Waals surface area contributed by atoms with Gasteiger partial charge in [0.1, 0.15) is 0 Å². The summed E-state index contributed by atoms with van der Waals surface area (Å²) in [7, 11) is 0. The van der Waals surface area contributed by atoms with Crippen LogP contribution in [-0.4, -0.2) is 4.70 Å². The molecule has 0 aliphatic carbocycles. The molecule has 4 aromatic rings. The average Bonchev–Trinajstić information content (AvgIpc) is 3.31. The number of hydrogen-bond donors (Lipinski definition) is 0. The summed E-state index contributed by atoms with van der Waals surface area (Å²) < 4.78 is 1.40. The van der Waals surface area contributed by atoms with Crippen molar-refractivity contribution in [2.75, 3.05) is 0 Å². The smallest absolute Gasteiger partial charge is 0.493 e. The van der Waals surface area contributed by atoms with Gasteiger partial charge in [-0.1, -0.05) is 40.5 Å². The molecule has 0 fully saturated rings. The van der Waals surface area contributed by atoms with Crippen molar-refractivity contribution in [1.82, 2.24) is 0 Å². The van der Waals surface area contributed by atoms with Crippen LogP contribution in [0.1, 0.15) is 102 Å². The van der Waals surface area contributed by atoms with Gasteiger partial charge in [-0.05, 0) is 118 Å². The maximum atomic E-state index is 11.2. The molecule has 0 bridgehead atoms. The van der Waals surface area contributed by atoms with Gasteiger partial charge in [-0.2, -0.15) is 71.8 Å². The first kappa shape index (κ1) is 38.6. The third-order valence-corrected chi connectivity index (χ3v) is 8.46. The first-order valence-electron chi connectivity index (χ1n) is 16.5. The largest absolute Gasteiger partial charge is 2.00 e. The van der Waals surface area contributed by atoms with Crippen LogP contribution in [0.4, 0.5) is 0 Å². The van der Waals surface area contributed by atoms with Crippen LogP contribution in [0.5, 0.6) is 0 Å². The van der Waals surface area contributed by atoms with Crippen molar-refractivity contribution in [2.24, 2.45) is 0 Å². The van der Waals surface area contributed by atoms with Crippen molar-refractivity contribution in [3.63, 3.8) is 0 Å². The van der Waals surface area contributed by atoms with Gasteiger partial charge in [-0.25, -0.2) is 4.70 Å². The number of allylic oxidation sites excluding steroid dienone is 2. The van der Waals surface area contributed by atoms with Crippen molar-refractivity contribution in [1.29, 1.82) is 0 Å². The Bertz CT molecular complexity index is 1540. The van der Waals surface area contributed by atoms with E-state index in [0.717, 1.165) is 40.9 Å². The fourth-order valence-corrected chi connectivity index (χ4v) is 5.89. The predicted octanol–water partition coefficient (Wildman–Crippen LogP) is 12.0. The summed E-state index contributed by atoms with van der Waals surface area (Å²) >= 11 is 0. The molecular formula is C43H52N2Ni. The van der Waals surface area contributed by atoms with E-state index in [-0.39, 0.29) is 16.5 Å². The zero-order valence-corrected chi connectivity index (χ0v) is 30.4. The number of aryl methyl sites for hydroxylation is 6. The van der Waals surface area contributed by atoms with E-state index >= 15 is 0 Å². The molecule has 0 N–H and O–H groups in total. The Labute approximate surface area is 290 Å². The molecule has 0 unspecified atom stereocenters. The summed E-state index contributed by atoms with van der Waals surface area (Å²) in [6.45, 7) is 19.5. The zero-order chi connectivity index (χ0) is 32.9. The number of hydrogen-bond acceptors (Lipinski definition) is 0. The summed E-state index contributed by atoms with van der Waals surface area (Å²) in [4.78, 5) is 0. The van der Waals surface area contributed by atoms with Crippen molar-refractivity contribution in [2.45, 2.75) is 101 Å². The SMILES string of the molecule is CCCCc1c(C)cc(C2=CC(C)=C(c3cc(C)c(CCCC)c(C)c3)[N+]2=[N-])cc1C.Cc1cc[c-]cc1.Cc1cc[c-]cc1.[Ni+2]. The molecular weight excluding hydrogens is 603 g/mol. The molecule has 3 heteroatoms. The van der Waals surface area contributed by atoms with Crippen molar-refractivity contribution in [3.8, 4) is 0 Å². The van der Waals surface area contributed by atoms with E-state index in [0.29, 0.717) is 0 Å². The van der Waals surface area contributed by atoms with E-state index in [2.05, 4.69) is 105 Å². The Balaban J connectivity index is 0.000000401. The Morgan fingerprint density at radius 3 is 1.28 bits per heavy atom. The van der Waals surface area contributed by atoms with E-state index in [9.17, 15) is 5.53 Å². The fourth-order valence-electron chi connectivity index (χ4n) is 5.89. The summed E-state index contributed by atoms with van der Waals surface area (Å²) in [5, 5.41) is 0. The fraction of sp³-hybridized carbons (Fsp3) is 0.349. The van der Waals surface area contributed by atoms with Gasteiger partial charge in [-0.3, -0.25) is 0 Å². The van der Waals surface area contributed by atoms with Gasteiger partial charge >= 0.3 is 16.5 Å². The van der Waals surface area contributed by atoms with Crippen molar-refractivity contribution < 1.29 is 21.2 Å². The molecule has 46 heavy (non-hydrogen) atoms. The van der Waals surface area contributed by atoms with Gasteiger partial charge in [0, 0.05) is 22.8 Å². The average molecular weight is 656 g/mol. The summed E-state index contributed by atoms with van der Waals surface area (Å²) in [6, 6.07) is 30.6. The minimum atomic E-state index is 0. The van der Waals surface area contributed by atoms with Crippen LogP contribution in [0.2, 0.25) is 0 Å². The number of unbranched alkanes of at least 4 members (excludes halogenated alkanes) is 2. The van der Waals surface area contributed by atoms with Gasteiger partial charge in [0.05, 0.1) is 0 Å². The van der Waals surface area contributed by atoms with Gasteiger partial charge in [-0.15, -0.1) is 0 Å². The Morgan fingerprint density at radius 1 is 0.587 bits per heavy atom. The monoisotopic (exact) mass is 654 g/mol. The molecule has 4 aromatic carbocycles. The minimum Gasteiger partial charge on any atom is -0.493 e. The van der Waals surface area contributed by atoms with Crippen LogP contribution in [0.25, 0.3) is 16.9 Å². The number of benzene rings is 4. The molecule has 0 radical (unpaired) electrons. The Kier molecular flexibility index (Phi) is 16.1. The van der Waals surface area contributed by atoms with E-state index in [1.54, 1.807) is 0 Å². The van der Waals surface area contributed by atoms with E-state index in [4.69, 9.17) is 0 Å². The van der Waals surface area contributed by atoms with Crippen LogP contribution in [0.3, 0.4) is 0 Å². The molecule has 1 aliphatic rings. The van der Waals surface area contributed by atoms with Crippen LogP contribution < -0.4 is 0 Å². The third-order valence-electron chi connectivity index (χ3n) is 8.46. The maximum absolute atomic E-state index is 11.2. The van der Waals surface area contributed by atoms with E-state index in [1.807, 2.05) is 48.5 Å². The Hall–Kier alpha value is -3.55. The quantitative estimate of drug-likeness (QED) is 0.103. The third kappa shape index (κ3) is 10.8. The first-order valence-corrected chi connectivity index (χ1v) is 16.5. The van der Waals surface area contributed by atoms with Crippen LogP contribution in [-0.2, 0) is 29.3 Å². The molecule has 244 valence electrons. The molecule has 0 saturated heterocycles. The van der Waals surface area contributed by atoms with Crippen LogP contribution >= 0.6 is 0 Å². The maximum Gasteiger partial charge on any atom is 2.00 e. The first-order chi connectivity index (χ1) is 21.6. The van der Waals surface area contributed by atoms with Gasteiger partial charge in [0.25, 0.3) is 0 Å². The second-order valence-corrected chi connectivity index (χ2v) is 12.4. The van der Waals surface area contributed by atoms with Gasteiger partial charge in [0.2, 0.25) is 11.4 Å². The number of nitrogens with zero attached hydrogens (tertiary/aromatic N) is 2. The summed E-state index contributed by atoms with van der Waals surface area (Å²) in [5.74, 6) is 0. The molecule has 5 rings (SSSR count). The number of rotatable bonds is 8. The van der Waals surface area contributed by atoms with Crippen LogP contribution in [0, 0.1) is 53.7 Å². The summed E-state index contributed by atoms with van der Waals surface area (Å²) in [6.07, 6.45) is 9.22. The van der Waals surface area contributed by atoms with E-state index in [1.165, 1.54) is 74.9 Å². The Morgan fingerprint density at radius 2 is 0.957 bits per heavy atom. The predicted molar refractivity (Wildman–Crippen MR) is 193 cm³/mol. The second kappa shape index (κ2) is 19.2.